The molecule has 2 rings (SSSR count). The summed E-state index contributed by atoms with van der Waals surface area (Å²) >= 11 is 1.87. The number of anilines is 1. The van der Waals surface area contributed by atoms with Gasteiger partial charge in [0.05, 0.1) is 0 Å². The summed E-state index contributed by atoms with van der Waals surface area (Å²) in [5.41, 5.74) is 1.21. The Morgan fingerprint density at radius 1 is 1.32 bits per heavy atom. The first kappa shape index (κ1) is 14.6. The van der Waals surface area contributed by atoms with Gasteiger partial charge in [0.25, 0.3) is 0 Å². The van der Waals surface area contributed by atoms with Gasteiger partial charge in [-0.25, -0.2) is 9.97 Å². The Labute approximate surface area is 121 Å². The summed E-state index contributed by atoms with van der Waals surface area (Å²) in [5.74, 6) is 4.52. The van der Waals surface area contributed by atoms with Gasteiger partial charge in [-0.05, 0) is 32.1 Å². The first-order valence-corrected chi connectivity index (χ1v) is 8.35. The molecule has 0 spiro atoms. The van der Waals surface area contributed by atoms with Crippen LogP contribution in [0.1, 0.15) is 57.3 Å². The molecule has 3 nitrogen and oxygen atoms in total. The van der Waals surface area contributed by atoms with Gasteiger partial charge in [-0.15, -0.1) is 11.8 Å². The Morgan fingerprint density at radius 2 is 2.05 bits per heavy atom. The van der Waals surface area contributed by atoms with E-state index in [0.29, 0.717) is 11.8 Å². The highest BCUT2D eigenvalue weighted by molar-refractivity contribution is 7.99. The smallest absolute Gasteiger partial charge is 0.135 e. The highest BCUT2D eigenvalue weighted by atomic mass is 32.2. The van der Waals surface area contributed by atoms with E-state index in [-0.39, 0.29) is 0 Å². The normalized spacial score (nSPS) is 15.0. The quantitative estimate of drug-likeness (QED) is 0.598. The number of thioether (sulfide) groups is 1. The predicted octanol–water partition coefficient (Wildman–Crippen LogP) is 4.23. The molecule has 1 N–H and O–H groups in total. The molecule has 106 valence electrons. The maximum atomic E-state index is 4.79. The molecule has 0 atom stereocenters. The van der Waals surface area contributed by atoms with Gasteiger partial charge < -0.3 is 5.32 Å². The monoisotopic (exact) mass is 279 g/mol. The Morgan fingerprint density at radius 3 is 2.63 bits per heavy atom. The zero-order valence-corrected chi connectivity index (χ0v) is 13.3. The van der Waals surface area contributed by atoms with Crippen LogP contribution in [-0.2, 0) is 0 Å². The molecule has 0 aromatic carbocycles. The molecule has 4 heteroatoms. The average Bonchev–Trinajstić information content (AvgIpc) is 3.20. The lowest BCUT2D eigenvalue weighted by atomic mass is 10.3. The van der Waals surface area contributed by atoms with Crippen molar-refractivity contribution in [2.24, 2.45) is 5.92 Å². The maximum absolute atomic E-state index is 4.79. The minimum absolute atomic E-state index is 0.612. The molecular weight excluding hydrogens is 254 g/mol. The molecule has 0 amide bonds. The highest BCUT2D eigenvalue weighted by Crippen LogP contribution is 2.40. The van der Waals surface area contributed by atoms with Crippen LogP contribution >= 0.6 is 11.8 Å². The molecule has 1 aliphatic rings. The standard InChI is InChI=1S/C15H25N3S/c1-5-8-16-13-11(4)15(19-9-10(2)3)18-14(17-13)12-6-7-12/h10,12H,5-9H2,1-4H3,(H,16,17,18). The molecule has 1 aliphatic carbocycles. The lowest BCUT2D eigenvalue weighted by Crippen LogP contribution is -2.08. The van der Waals surface area contributed by atoms with Crippen molar-refractivity contribution in [2.45, 2.75) is 57.9 Å². The van der Waals surface area contributed by atoms with E-state index < -0.39 is 0 Å². The topological polar surface area (TPSA) is 37.8 Å². The summed E-state index contributed by atoms with van der Waals surface area (Å²) in [6.07, 6.45) is 3.63. The first-order chi connectivity index (χ1) is 9.11. The van der Waals surface area contributed by atoms with Crippen LogP contribution in [0.15, 0.2) is 5.03 Å². The van der Waals surface area contributed by atoms with Gasteiger partial charge in [0.2, 0.25) is 0 Å². The van der Waals surface area contributed by atoms with Crippen molar-refractivity contribution in [2.75, 3.05) is 17.6 Å². The van der Waals surface area contributed by atoms with Gasteiger partial charge in [0, 0.05) is 23.8 Å². The van der Waals surface area contributed by atoms with Crippen molar-refractivity contribution in [1.29, 1.82) is 0 Å². The van der Waals surface area contributed by atoms with Gasteiger partial charge in [-0.1, -0.05) is 20.8 Å². The second-order valence-corrected chi connectivity index (χ2v) is 6.78. The van der Waals surface area contributed by atoms with Crippen LogP contribution in [0.25, 0.3) is 0 Å². The molecule has 0 bridgehead atoms. The van der Waals surface area contributed by atoms with Crippen molar-refractivity contribution in [3.05, 3.63) is 11.4 Å². The fourth-order valence-electron chi connectivity index (χ4n) is 1.84. The second kappa shape index (κ2) is 6.60. The molecule has 1 fully saturated rings. The van der Waals surface area contributed by atoms with E-state index in [9.17, 15) is 0 Å². The van der Waals surface area contributed by atoms with E-state index in [4.69, 9.17) is 9.97 Å². The third kappa shape index (κ3) is 4.10. The number of aromatic nitrogens is 2. The van der Waals surface area contributed by atoms with Gasteiger partial charge in [0.1, 0.15) is 16.7 Å². The van der Waals surface area contributed by atoms with Gasteiger partial charge in [-0.2, -0.15) is 0 Å². The molecule has 0 radical (unpaired) electrons. The van der Waals surface area contributed by atoms with Crippen LogP contribution in [0.3, 0.4) is 0 Å². The fourth-order valence-corrected chi connectivity index (χ4v) is 2.80. The Hall–Kier alpha value is -0.770. The van der Waals surface area contributed by atoms with E-state index in [1.165, 1.54) is 23.4 Å². The number of hydrogen-bond acceptors (Lipinski definition) is 4. The molecule has 0 saturated heterocycles. The second-order valence-electron chi connectivity index (χ2n) is 5.77. The molecular formula is C15H25N3S. The summed E-state index contributed by atoms with van der Waals surface area (Å²) < 4.78 is 0. The number of nitrogens with one attached hydrogen (secondary N) is 1. The van der Waals surface area contributed by atoms with Crippen LogP contribution in [0.5, 0.6) is 0 Å². The lowest BCUT2D eigenvalue weighted by Gasteiger charge is -2.14. The minimum Gasteiger partial charge on any atom is -0.370 e. The average molecular weight is 279 g/mol. The van der Waals surface area contributed by atoms with E-state index in [0.717, 1.165) is 30.4 Å². The van der Waals surface area contributed by atoms with E-state index in [1.54, 1.807) is 0 Å². The maximum Gasteiger partial charge on any atom is 0.135 e. The largest absolute Gasteiger partial charge is 0.370 e. The molecule has 1 heterocycles. The van der Waals surface area contributed by atoms with Crippen LogP contribution in [-0.4, -0.2) is 22.3 Å². The number of rotatable bonds is 7. The van der Waals surface area contributed by atoms with Crippen molar-refractivity contribution in [3.8, 4) is 0 Å². The first-order valence-electron chi connectivity index (χ1n) is 7.37. The van der Waals surface area contributed by atoms with Crippen molar-refractivity contribution in [3.63, 3.8) is 0 Å². The van der Waals surface area contributed by atoms with Crippen molar-refractivity contribution in [1.82, 2.24) is 9.97 Å². The zero-order valence-electron chi connectivity index (χ0n) is 12.5. The summed E-state index contributed by atoms with van der Waals surface area (Å²) in [5, 5.41) is 4.62. The molecule has 1 aromatic heterocycles. The Balaban J connectivity index is 2.20. The predicted molar refractivity (Wildman–Crippen MR) is 83.1 cm³/mol. The van der Waals surface area contributed by atoms with Gasteiger partial charge in [-0.3, -0.25) is 0 Å². The molecule has 1 saturated carbocycles. The minimum atomic E-state index is 0.612. The third-order valence-corrected chi connectivity index (χ3v) is 4.66. The fraction of sp³-hybridized carbons (Fsp3) is 0.733. The van der Waals surface area contributed by atoms with Crippen molar-refractivity contribution < 1.29 is 0 Å². The van der Waals surface area contributed by atoms with Crippen LogP contribution in [0.4, 0.5) is 5.82 Å². The Bertz CT molecular complexity index is 428. The van der Waals surface area contributed by atoms with E-state index >= 15 is 0 Å². The molecule has 1 aromatic rings. The Kier molecular flexibility index (Phi) is 5.08. The molecule has 0 aliphatic heterocycles. The number of nitrogens with zero attached hydrogens (tertiary/aromatic N) is 2. The molecule has 0 unspecified atom stereocenters. The van der Waals surface area contributed by atoms with Crippen LogP contribution in [0.2, 0.25) is 0 Å². The van der Waals surface area contributed by atoms with Crippen LogP contribution in [0, 0.1) is 12.8 Å². The zero-order chi connectivity index (χ0) is 13.8. The summed E-state index contributed by atoms with van der Waals surface area (Å²) in [7, 11) is 0. The summed E-state index contributed by atoms with van der Waals surface area (Å²) in [6.45, 7) is 9.80. The van der Waals surface area contributed by atoms with Gasteiger partial charge in [0.15, 0.2) is 0 Å². The summed E-state index contributed by atoms with van der Waals surface area (Å²) in [6, 6.07) is 0. The highest BCUT2D eigenvalue weighted by Gasteiger charge is 2.28. The summed E-state index contributed by atoms with van der Waals surface area (Å²) in [4.78, 5) is 9.51. The van der Waals surface area contributed by atoms with Gasteiger partial charge >= 0.3 is 0 Å². The lowest BCUT2D eigenvalue weighted by molar-refractivity contribution is 0.748. The number of hydrogen-bond donors (Lipinski definition) is 1. The van der Waals surface area contributed by atoms with Crippen molar-refractivity contribution >= 4 is 17.6 Å². The third-order valence-electron chi connectivity index (χ3n) is 3.16. The van der Waals surface area contributed by atoms with Crippen LogP contribution < -0.4 is 5.32 Å². The molecule has 19 heavy (non-hydrogen) atoms. The SMILES string of the molecule is CCCNc1nc(C2CC2)nc(SCC(C)C)c1C. The van der Waals surface area contributed by atoms with E-state index in [2.05, 4.69) is 33.0 Å². The van der Waals surface area contributed by atoms with E-state index in [1.807, 2.05) is 11.8 Å².